The maximum atomic E-state index is 12.9. The molecule has 0 amide bonds. The predicted molar refractivity (Wildman–Crippen MR) is 124 cm³/mol. The number of anilines is 1. The quantitative estimate of drug-likeness (QED) is 0.393. The highest BCUT2D eigenvalue weighted by Crippen LogP contribution is 2.33. The van der Waals surface area contributed by atoms with Crippen LogP contribution in [-0.4, -0.2) is 45.8 Å². The van der Waals surface area contributed by atoms with Crippen molar-refractivity contribution in [1.82, 2.24) is 14.1 Å². The number of hydrogen-bond acceptors (Lipinski definition) is 6. The van der Waals surface area contributed by atoms with Gasteiger partial charge < -0.3 is 19.9 Å². The van der Waals surface area contributed by atoms with E-state index in [-0.39, 0.29) is 11.6 Å². The van der Waals surface area contributed by atoms with E-state index < -0.39 is 6.23 Å². The van der Waals surface area contributed by atoms with Crippen LogP contribution < -0.4 is 15.7 Å². The molecule has 0 spiro atoms. The Morgan fingerprint density at radius 3 is 2.59 bits per heavy atom. The molecule has 0 radical (unpaired) electrons. The molecule has 1 unspecified atom stereocenters. The van der Waals surface area contributed by atoms with Crippen molar-refractivity contribution in [2.24, 2.45) is 18.9 Å². The average molecular weight is 441 g/mol. The van der Waals surface area contributed by atoms with Crippen molar-refractivity contribution in [2.45, 2.75) is 38.5 Å². The van der Waals surface area contributed by atoms with Gasteiger partial charge in [-0.1, -0.05) is 0 Å². The molecule has 1 fully saturated rings. The second kappa shape index (κ2) is 10.2. The van der Waals surface area contributed by atoms with E-state index in [9.17, 15) is 9.90 Å². The summed E-state index contributed by atoms with van der Waals surface area (Å²) in [7, 11) is 3.45. The molecule has 32 heavy (non-hydrogen) atoms. The van der Waals surface area contributed by atoms with Crippen LogP contribution >= 0.6 is 0 Å². The van der Waals surface area contributed by atoms with Crippen molar-refractivity contribution in [1.29, 1.82) is 0 Å². The number of hydrogen-bond donors (Lipinski definition) is 2. The largest absolute Gasteiger partial charge is 0.491 e. The summed E-state index contributed by atoms with van der Waals surface area (Å²) in [5.41, 5.74) is 2.67. The van der Waals surface area contributed by atoms with E-state index in [1.807, 2.05) is 41.9 Å². The Bertz CT molecular complexity index is 1070. The summed E-state index contributed by atoms with van der Waals surface area (Å²) in [6, 6.07) is 9.49. The van der Waals surface area contributed by atoms with E-state index in [2.05, 4.69) is 10.3 Å². The van der Waals surface area contributed by atoms with E-state index in [1.54, 1.807) is 24.1 Å². The number of ether oxygens (including phenoxy) is 2. The van der Waals surface area contributed by atoms with Gasteiger partial charge >= 0.3 is 5.69 Å². The fourth-order valence-electron chi connectivity index (χ4n) is 4.58. The first kappa shape index (κ1) is 22.4. The van der Waals surface area contributed by atoms with Crippen molar-refractivity contribution in [3.8, 4) is 5.75 Å². The fourth-order valence-corrected chi connectivity index (χ4v) is 4.58. The number of aliphatic hydroxyl groups excluding tert-OH is 1. The normalized spacial score (nSPS) is 19.7. The summed E-state index contributed by atoms with van der Waals surface area (Å²) < 4.78 is 14.4. The molecule has 8 heteroatoms. The summed E-state index contributed by atoms with van der Waals surface area (Å²) in [6.45, 7) is 1.67. The number of methoxy groups -OCH3 is 1. The van der Waals surface area contributed by atoms with Crippen LogP contribution in [0.15, 0.2) is 47.5 Å². The van der Waals surface area contributed by atoms with Gasteiger partial charge in [0.2, 0.25) is 0 Å². The van der Waals surface area contributed by atoms with Crippen LogP contribution in [0.1, 0.15) is 25.7 Å². The van der Waals surface area contributed by atoms with Gasteiger partial charge in [0, 0.05) is 50.8 Å². The molecule has 1 aromatic carbocycles. The SMILES string of the molecule is COCCOc1ccc2c(c1)n(CC1CCC(C(O)Nc3ccncc3)CC1)c(=O)n2C. The second-order valence-corrected chi connectivity index (χ2v) is 8.55. The maximum Gasteiger partial charge on any atom is 0.328 e. The predicted octanol–water partition coefficient (Wildman–Crippen LogP) is 3.00. The number of aromatic nitrogens is 3. The maximum absolute atomic E-state index is 12.9. The van der Waals surface area contributed by atoms with E-state index in [0.717, 1.165) is 48.2 Å². The molecule has 8 nitrogen and oxygen atoms in total. The highest BCUT2D eigenvalue weighted by molar-refractivity contribution is 5.77. The zero-order chi connectivity index (χ0) is 22.5. The van der Waals surface area contributed by atoms with Gasteiger partial charge in [0.1, 0.15) is 18.6 Å². The molecular formula is C24H32N4O4. The van der Waals surface area contributed by atoms with Crippen LogP contribution in [0, 0.1) is 11.8 Å². The molecule has 172 valence electrons. The summed E-state index contributed by atoms with van der Waals surface area (Å²) >= 11 is 0. The summed E-state index contributed by atoms with van der Waals surface area (Å²) in [6.07, 6.45) is 6.65. The minimum absolute atomic E-state index is 0.00412. The lowest BCUT2D eigenvalue weighted by Crippen LogP contribution is -2.33. The van der Waals surface area contributed by atoms with Gasteiger partial charge in [-0.2, -0.15) is 0 Å². The first-order valence-corrected chi connectivity index (χ1v) is 11.2. The molecule has 1 aliphatic rings. The lowest BCUT2D eigenvalue weighted by molar-refractivity contribution is 0.0926. The number of pyridine rings is 1. The molecule has 1 atom stereocenters. The number of imidazole rings is 1. The number of nitrogens with one attached hydrogen (secondary N) is 1. The number of nitrogens with zero attached hydrogens (tertiary/aromatic N) is 3. The fraction of sp³-hybridized carbons (Fsp3) is 0.500. The Hall–Kier alpha value is -2.84. The number of benzene rings is 1. The zero-order valence-electron chi connectivity index (χ0n) is 18.7. The summed E-state index contributed by atoms with van der Waals surface area (Å²) in [5, 5.41) is 13.8. The molecule has 1 aliphatic carbocycles. The van der Waals surface area contributed by atoms with Crippen molar-refractivity contribution in [2.75, 3.05) is 25.6 Å². The number of fused-ring (bicyclic) bond motifs is 1. The third kappa shape index (κ3) is 4.97. The van der Waals surface area contributed by atoms with Gasteiger partial charge in [0.15, 0.2) is 0 Å². The number of aliphatic hydroxyl groups is 1. The van der Waals surface area contributed by atoms with Crippen molar-refractivity contribution in [3.63, 3.8) is 0 Å². The molecule has 0 aliphatic heterocycles. The Labute approximate surface area is 187 Å². The lowest BCUT2D eigenvalue weighted by Gasteiger charge is -2.32. The minimum Gasteiger partial charge on any atom is -0.491 e. The molecule has 4 rings (SSSR count). The van der Waals surface area contributed by atoms with E-state index >= 15 is 0 Å². The van der Waals surface area contributed by atoms with Crippen LogP contribution in [0.3, 0.4) is 0 Å². The number of rotatable bonds is 9. The highest BCUT2D eigenvalue weighted by Gasteiger charge is 2.27. The van der Waals surface area contributed by atoms with Gasteiger partial charge in [0.05, 0.1) is 17.6 Å². The van der Waals surface area contributed by atoms with Crippen molar-refractivity contribution >= 4 is 16.7 Å². The van der Waals surface area contributed by atoms with Crippen LogP contribution in [0.2, 0.25) is 0 Å². The van der Waals surface area contributed by atoms with Gasteiger partial charge in [-0.25, -0.2) is 4.79 Å². The second-order valence-electron chi connectivity index (χ2n) is 8.55. The van der Waals surface area contributed by atoms with Gasteiger partial charge in [-0.15, -0.1) is 0 Å². The topological polar surface area (TPSA) is 90.5 Å². The minimum atomic E-state index is -0.578. The van der Waals surface area contributed by atoms with Gasteiger partial charge in [-0.05, 0) is 55.9 Å². The molecule has 2 N–H and O–H groups in total. The zero-order valence-corrected chi connectivity index (χ0v) is 18.7. The van der Waals surface area contributed by atoms with Crippen molar-refractivity contribution in [3.05, 3.63) is 53.2 Å². The Morgan fingerprint density at radius 2 is 1.88 bits per heavy atom. The first-order chi connectivity index (χ1) is 15.6. The molecule has 1 saturated carbocycles. The van der Waals surface area contributed by atoms with E-state index in [4.69, 9.17) is 9.47 Å². The Morgan fingerprint density at radius 1 is 1.12 bits per heavy atom. The Balaban J connectivity index is 1.41. The monoisotopic (exact) mass is 440 g/mol. The highest BCUT2D eigenvalue weighted by atomic mass is 16.5. The Kier molecular flexibility index (Phi) is 7.12. The molecule has 0 saturated heterocycles. The van der Waals surface area contributed by atoms with Crippen LogP contribution in [0.4, 0.5) is 5.69 Å². The average Bonchev–Trinajstić information content (AvgIpc) is 3.05. The third-order valence-electron chi connectivity index (χ3n) is 6.45. The van der Waals surface area contributed by atoms with Crippen LogP contribution in [0.25, 0.3) is 11.0 Å². The molecule has 2 heterocycles. The van der Waals surface area contributed by atoms with Gasteiger partial charge in [-0.3, -0.25) is 14.1 Å². The molecule has 0 bridgehead atoms. The van der Waals surface area contributed by atoms with Crippen LogP contribution in [-0.2, 0) is 18.3 Å². The summed E-state index contributed by atoms with van der Waals surface area (Å²) in [4.78, 5) is 16.9. The lowest BCUT2D eigenvalue weighted by atomic mass is 9.81. The van der Waals surface area contributed by atoms with Crippen LogP contribution in [0.5, 0.6) is 5.75 Å². The molecule has 2 aromatic heterocycles. The van der Waals surface area contributed by atoms with E-state index in [0.29, 0.717) is 25.7 Å². The molecular weight excluding hydrogens is 408 g/mol. The first-order valence-electron chi connectivity index (χ1n) is 11.2. The summed E-state index contributed by atoms with van der Waals surface area (Å²) in [5.74, 6) is 1.34. The standard InChI is InChI=1S/C24H32N4O4/c1-27-21-8-7-20(32-14-13-31-2)15-22(21)28(24(27)30)16-17-3-5-18(6-4-17)23(29)26-19-9-11-25-12-10-19/h7-12,15,17-18,23,29H,3-6,13-14,16H2,1-2H3,(H,25,26). The van der Waals surface area contributed by atoms with Crippen molar-refractivity contribution < 1.29 is 14.6 Å². The third-order valence-corrected chi connectivity index (χ3v) is 6.45. The van der Waals surface area contributed by atoms with E-state index in [1.165, 1.54) is 0 Å². The number of aryl methyl sites for hydroxylation is 1. The van der Waals surface area contributed by atoms with Gasteiger partial charge in [0.25, 0.3) is 0 Å². The molecule has 3 aromatic rings. The smallest absolute Gasteiger partial charge is 0.328 e.